The van der Waals surface area contributed by atoms with Crippen LogP contribution in [0, 0.1) is 12.8 Å². The molecule has 1 aromatic carbocycles. The van der Waals surface area contributed by atoms with Crippen molar-refractivity contribution >= 4 is 40.5 Å². The monoisotopic (exact) mass is 665 g/mol. The van der Waals surface area contributed by atoms with E-state index in [0.717, 1.165) is 61.4 Å². The zero-order valence-electron chi connectivity index (χ0n) is 25.1. The molecular weight excluding hydrogens is 628 g/mol. The third kappa shape index (κ3) is 11.8. The maximum absolute atomic E-state index is 13.1. The van der Waals surface area contributed by atoms with Crippen LogP contribution in [0.5, 0.6) is 0 Å². The van der Waals surface area contributed by atoms with Gasteiger partial charge >= 0.3 is 24.3 Å². The molecule has 0 saturated heterocycles. The van der Waals surface area contributed by atoms with Crippen molar-refractivity contribution in [3.05, 3.63) is 29.6 Å². The van der Waals surface area contributed by atoms with Crippen molar-refractivity contribution in [2.45, 2.75) is 95.7 Å². The van der Waals surface area contributed by atoms with Crippen molar-refractivity contribution < 1.29 is 50.9 Å². The molecule has 4 atom stereocenters. The van der Waals surface area contributed by atoms with Gasteiger partial charge in [0.1, 0.15) is 5.82 Å². The lowest BCUT2D eigenvalue weighted by atomic mass is 9.86. The number of nitrogens with one attached hydrogen (secondary N) is 2. The second-order valence-electron chi connectivity index (χ2n) is 11.0. The number of benzene rings is 1. The molecule has 4 rings (SSSR count). The van der Waals surface area contributed by atoms with Crippen LogP contribution >= 0.6 is 0 Å². The molecule has 256 valence electrons. The number of carbonyl (C=O) groups excluding carboxylic acids is 1. The van der Waals surface area contributed by atoms with Gasteiger partial charge in [-0.05, 0) is 50.7 Å². The Morgan fingerprint density at radius 1 is 0.870 bits per heavy atom. The van der Waals surface area contributed by atoms with Crippen LogP contribution in [0.1, 0.15) is 74.5 Å². The maximum atomic E-state index is 13.1. The Morgan fingerprint density at radius 2 is 1.39 bits per heavy atom. The molecule has 1 aromatic heterocycles. The number of amides is 1. The lowest BCUT2D eigenvalue weighted by molar-refractivity contribution is -0.193. The first kappa shape index (κ1) is 37.8. The first-order valence-corrected chi connectivity index (χ1v) is 14.3. The smallest absolute Gasteiger partial charge is 0.475 e. The number of aliphatic imine (C=N–C) groups is 1. The molecule has 46 heavy (non-hydrogen) atoms. The van der Waals surface area contributed by atoms with Gasteiger partial charge in [0.25, 0.3) is 5.91 Å². The topological polar surface area (TPSA) is 206 Å². The Hall–Kier alpha value is -4.38. The molecule has 0 spiro atoms. The number of carboxylic acids is 2. The minimum Gasteiger partial charge on any atom is -0.475 e. The van der Waals surface area contributed by atoms with Gasteiger partial charge in [-0.25, -0.2) is 24.5 Å². The number of nitrogens with two attached hydrogens (primary N) is 2. The van der Waals surface area contributed by atoms with Crippen molar-refractivity contribution in [2.75, 3.05) is 5.32 Å². The van der Waals surface area contributed by atoms with Crippen LogP contribution < -0.4 is 22.1 Å². The van der Waals surface area contributed by atoms with Crippen molar-refractivity contribution in [2.24, 2.45) is 22.4 Å². The van der Waals surface area contributed by atoms with E-state index in [-0.39, 0.29) is 35.8 Å². The average molecular weight is 666 g/mol. The number of carboxylic acid groups (broad SMARTS) is 2. The van der Waals surface area contributed by atoms with Gasteiger partial charge in [0.15, 0.2) is 5.96 Å². The number of nitrogens with zero attached hydrogens (tertiary/aromatic N) is 3. The normalized spacial score (nSPS) is 21.4. The zero-order valence-corrected chi connectivity index (χ0v) is 25.1. The molecule has 2 saturated carbocycles. The number of hydrogen-bond donors (Lipinski definition) is 6. The van der Waals surface area contributed by atoms with E-state index in [4.69, 9.17) is 36.3 Å². The molecule has 2 aliphatic carbocycles. The van der Waals surface area contributed by atoms with Gasteiger partial charge < -0.3 is 32.3 Å². The summed E-state index contributed by atoms with van der Waals surface area (Å²) in [5, 5.41) is 21.9. The van der Waals surface area contributed by atoms with Crippen molar-refractivity contribution in [3.63, 3.8) is 0 Å². The van der Waals surface area contributed by atoms with E-state index in [9.17, 15) is 31.1 Å². The van der Waals surface area contributed by atoms with E-state index < -0.39 is 24.3 Å². The molecule has 18 heteroatoms. The van der Waals surface area contributed by atoms with Crippen LogP contribution in [0.2, 0.25) is 0 Å². The van der Waals surface area contributed by atoms with Gasteiger partial charge in [0.05, 0.1) is 17.6 Å². The Balaban J connectivity index is 0.000000440. The highest BCUT2D eigenvalue weighted by Gasteiger charge is 2.39. The number of carbonyl (C=O) groups is 3. The lowest BCUT2D eigenvalue weighted by Crippen LogP contribution is -2.42. The van der Waals surface area contributed by atoms with Gasteiger partial charge in [-0.3, -0.25) is 4.79 Å². The summed E-state index contributed by atoms with van der Waals surface area (Å²) < 4.78 is 63.5. The molecule has 2 aliphatic rings. The third-order valence-electron chi connectivity index (χ3n) is 7.33. The van der Waals surface area contributed by atoms with Crippen LogP contribution in [-0.4, -0.2) is 74.5 Å². The third-order valence-corrected chi connectivity index (χ3v) is 7.33. The zero-order chi connectivity index (χ0) is 34.8. The summed E-state index contributed by atoms with van der Waals surface area (Å²) in [7, 11) is 0. The first-order valence-electron chi connectivity index (χ1n) is 14.3. The fraction of sp³-hybridized carbons (Fsp3) is 0.571. The summed E-state index contributed by atoms with van der Waals surface area (Å²) >= 11 is 0. The van der Waals surface area contributed by atoms with Crippen LogP contribution in [-0.2, 0) is 9.59 Å². The first-order chi connectivity index (χ1) is 21.3. The molecule has 4 unspecified atom stereocenters. The summed E-state index contributed by atoms with van der Waals surface area (Å²) in [6, 6.07) is 6.23. The van der Waals surface area contributed by atoms with E-state index in [2.05, 4.69) is 33.6 Å². The van der Waals surface area contributed by atoms with Crippen LogP contribution in [0.15, 0.2) is 23.2 Å². The van der Waals surface area contributed by atoms with E-state index in [1.807, 2.05) is 19.1 Å². The van der Waals surface area contributed by atoms with Crippen LogP contribution in [0.3, 0.4) is 0 Å². The molecule has 0 radical (unpaired) electrons. The summed E-state index contributed by atoms with van der Waals surface area (Å²) in [6.07, 6.45) is -1.58. The fourth-order valence-corrected chi connectivity index (χ4v) is 5.02. The largest absolute Gasteiger partial charge is 0.490 e. The summed E-state index contributed by atoms with van der Waals surface area (Å²) in [4.78, 5) is 44.6. The van der Waals surface area contributed by atoms with E-state index in [1.54, 1.807) is 0 Å². The SMILES string of the molecule is Cc1ccc2nc(C(=O)NC3CCCCC3C)nc(NC3CCCCC3N=C(N)N)c2c1.O=C(O)C(F)(F)F.O=C(O)C(F)(F)F. The average Bonchev–Trinajstić information content (AvgIpc) is 2.95. The molecule has 8 N–H and O–H groups in total. The number of halogens is 6. The minimum atomic E-state index is -5.08. The molecule has 12 nitrogen and oxygen atoms in total. The van der Waals surface area contributed by atoms with Crippen molar-refractivity contribution in [1.29, 1.82) is 0 Å². The molecule has 0 bridgehead atoms. The Kier molecular flexibility index (Phi) is 13.4. The van der Waals surface area contributed by atoms with Gasteiger partial charge in [0, 0.05) is 11.4 Å². The standard InChI is InChI=1S/C24H35N7O.2C2HF3O2/c1-14-11-12-18-16(13-14)21(28-19-9-5-6-10-20(19)30-24(25)26)31-22(27-18)23(32)29-17-8-4-3-7-15(17)2;2*3-2(4,5)1(6)7/h11-13,15,17,19-20H,3-10H2,1-2H3,(H,29,32)(H4,25,26,30)(H,27,28,31);2*(H,6,7). The van der Waals surface area contributed by atoms with Crippen molar-refractivity contribution in [1.82, 2.24) is 15.3 Å². The lowest BCUT2D eigenvalue weighted by Gasteiger charge is -2.30. The van der Waals surface area contributed by atoms with Gasteiger partial charge in [-0.2, -0.15) is 26.3 Å². The van der Waals surface area contributed by atoms with Crippen LogP contribution in [0.25, 0.3) is 10.9 Å². The summed E-state index contributed by atoms with van der Waals surface area (Å²) in [5.74, 6) is -4.28. The highest BCUT2D eigenvalue weighted by atomic mass is 19.4. The van der Waals surface area contributed by atoms with E-state index >= 15 is 0 Å². The highest BCUT2D eigenvalue weighted by Crippen LogP contribution is 2.29. The van der Waals surface area contributed by atoms with E-state index in [1.165, 1.54) is 6.42 Å². The number of aryl methyl sites for hydroxylation is 1. The minimum absolute atomic E-state index is 0.0102. The summed E-state index contributed by atoms with van der Waals surface area (Å²) in [5.41, 5.74) is 13.2. The molecule has 1 heterocycles. The Bertz CT molecular complexity index is 1380. The van der Waals surface area contributed by atoms with Crippen molar-refractivity contribution in [3.8, 4) is 0 Å². The van der Waals surface area contributed by atoms with Gasteiger partial charge in [-0.15, -0.1) is 0 Å². The number of fused-ring (bicyclic) bond motifs is 1. The summed E-state index contributed by atoms with van der Waals surface area (Å²) in [6.45, 7) is 4.24. The number of aromatic nitrogens is 2. The number of hydrogen-bond acceptors (Lipinski definition) is 7. The fourth-order valence-electron chi connectivity index (χ4n) is 5.02. The van der Waals surface area contributed by atoms with E-state index in [0.29, 0.717) is 11.7 Å². The molecule has 1 amide bonds. The molecular formula is C28H37F6N7O5. The second kappa shape index (κ2) is 16.3. The molecule has 0 aliphatic heterocycles. The maximum Gasteiger partial charge on any atom is 0.490 e. The number of aliphatic carboxylic acids is 2. The Morgan fingerprint density at radius 3 is 1.91 bits per heavy atom. The predicted octanol–water partition coefficient (Wildman–Crippen LogP) is 4.51. The van der Waals surface area contributed by atoms with Gasteiger partial charge in [0.2, 0.25) is 5.82 Å². The number of rotatable bonds is 5. The second-order valence-corrected chi connectivity index (χ2v) is 11.0. The highest BCUT2D eigenvalue weighted by molar-refractivity contribution is 5.97. The number of anilines is 1. The van der Waals surface area contributed by atoms with Gasteiger partial charge in [-0.1, -0.05) is 44.2 Å². The van der Waals surface area contributed by atoms with Crippen LogP contribution in [0.4, 0.5) is 32.2 Å². The molecule has 2 fully saturated rings. The Labute approximate surface area is 260 Å². The quantitative estimate of drug-likeness (QED) is 0.150. The number of guanidine groups is 1. The predicted molar refractivity (Wildman–Crippen MR) is 156 cm³/mol. The number of alkyl halides is 6. The molecule has 2 aromatic rings.